The Morgan fingerprint density at radius 2 is 2.06 bits per heavy atom. The predicted molar refractivity (Wildman–Crippen MR) is 76.5 cm³/mol. The van der Waals surface area contributed by atoms with Gasteiger partial charge >= 0.3 is 0 Å². The minimum atomic E-state index is -0.0725. The maximum atomic E-state index is 12.1. The second-order valence-electron chi connectivity index (χ2n) is 4.08. The van der Waals surface area contributed by atoms with Crippen LogP contribution < -0.4 is 0 Å². The van der Waals surface area contributed by atoms with Crippen LogP contribution in [-0.2, 0) is 10.5 Å². The SMILES string of the molecule is CCN(CCO)C(=O)C(C)SCc1ccccc1. The van der Waals surface area contributed by atoms with Crippen molar-refractivity contribution in [1.82, 2.24) is 4.90 Å². The van der Waals surface area contributed by atoms with Gasteiger partial charge in [-0.25, -0.2) is 0 Å². The number of nitrogens with zero attached hydrogens (tertiary/aromatic N) is 1. The highest BCUT2D eigenvalue weighted by Crippen LogP contribution is 2.19. The summed E-state index contributed by atoms with van der Waals surface area (Å²) < 4.78 is 0. The van der Waals surface area contributed by atoms with E-state index in [1.165, 1.54) is 5.56 Å². The van der Waals surface area contributed by atoms with Crippen LogP contribution in [0.1, 0.15) is 19.4 Å². The highest BCUT2D eigenvalue weighted by molar-refractivity contribution is 7.99. The lowest BCUT2D eigenvalue weighted by Gasteiger charge is -2.23. The van der Waals surface area contributed by atoms with E-state index in [-0.39, 0.29) is 17.8 Å². The van der Waals surface area contributed by atoms with Crippen molar-refractivity contribution >= 4 is 17.7 Å². The summed E-state index contributed by atoms with van der Waals surface area (Å²) in [7, 11) is 0. The molecule has 0 radical (unpaired) electrons. The number of hydrogen-bond acceptors (Lipinski definition) is 3. The molecular formula is C14H21NO2S. The molecule has 1 unspecified atom stereocenters. The molecule has 1 aromatic rings. The molecule has 100 valence electrons. The lowest BCUT2D eigenvalue weighted by molar-refractivity contribution is -0.130. The first kappa shape index (κ1) is 15.1. The molecule has 1 amide bonds. The Balaban J connectivity index is 2.44. The summed E-state index contributed by atoms with van der Waals surface area (Å²) in [5, 5.41) is 8.83. The van der Waals surface area contributed by atoms with Crippen molar-refractivity contribution in [3.8, 4) is 0 Å². The number of aliphatic hydroxyl groups is 1. The Kier molecular flexibility index (Phi) is 6.83. The fourth-order valence-corrected chi connectivity index (χ4v) is 2.60. The van der Waals surface area contributed by atoms with E-state index >= 15 is 0 Å². The maximum Gasteiger partial charge on any atom is 0.235 e. The van der Waals surface area contributed by atoms with Gasteiger partial charge in [-0.2, -0.15) is 0 Å². The lowest BCUT2D eigenvalue weighted by Crippen LogP contribution is -2.38. The van der Waals surface area contributed by atoms with E-state index in [2.05, 4.69) is 12.1 Å². The first-order valence-corrected chi connectivity index (χ1v) is 7.29. The number of thioether (sulfide) groups is 1. The molecule has 1 rings (SSSR count). The highest BCUT2D eigenvalue weighted by Gasteiger charge is 2.19. The van der Waals surface area contributed by atoms with Crippen molar-refractivity contribution in [2.24, 2.45) is 0 Å². The van der Waals surface area contributed by atoms with Gasteiger partial charge in [-0.3, -0.25) is 4.79 Å². The molecular weight excluding hydrogens is 246 g/mol. The van der Waals surface area contributed by atoms with E-state index < -0.39 is 0 Å². The molecule has 4 heteroatoms. The number of likely N-dealkylation sites (N-methyl/N-ethyl adjacent to an activating group) is 1. The molecule has 1 atom stereocenters. The van der Waals surface area contributed by atoms with Crippen LogP contribution in [0.4, 0.5) is 0 Å². The summed E-state index contributed by atoms with van der Waals surface area (Å²) in [5.41, 5.74) is 1.23. The second-order valence-corrected chi connectivity index (χ2v) is 5.41. The van der Waals surface area contributed by atoms with Crippen LogP contribution in [0, 0.1) is 0 Å². The molecule has 18 heavy (non-hydrogen) atoms. The average molecular weight is 267 g/mol. The Hall–Kier alpha value is -1.00. The van der Waals surface area contributed by atoms with Gasteiger partial charge in [0, 0.05) is 18.8 Å². The third kappa shape index (κ3) is 4.70. The predicted octanol–water partition coefficient (Wildman–Crippen LogP) is 2.15. The van der Waals surface area contributed by atoms with Crippen LogP contribution in [0.3, 0.4) is 0 Å². The smallest absolute Gasteiger partial charge is 0.235 e. The van der Waals surface area contributed by atoms with Crippen molar-refractivity contribution in [3.05, 3.63) is 35.9 Å². The summed E-state index contributed by atoms with van der Waals surface area (Å²) >= 11 is 1.63. The normalized spacial score (nSPS) is 12.2. The largest absolute Gasteiger partial charge is 0.395 e. The minimum absolute atomic E-state index is 0.0235. The molecule has 0 aliphatic carbocycles. The van der Waals surface area contributed by atoms with Gasteiger partial charge in [-0.15, -0.1) is 11.8 Å². The molecule has 0 aliphatic rings. The number of aliphatic hydroxyl groups excluding tert-OH is 1. The van der Waals surface area contributed by atoms with Gasteiger partial charge < -0.3 is 10.0 Å². The topological polar surface area (TPSA) is 40.5 Å². The van der Waals surface area contributed by atoms with Gasteiger partial charge in [0.1, 0.15) is 0 Å². The molecule has 0 bridgehead atoms. The van der Waals surface area contributed by atoms with Crippen molar-refractivity contribution in [2.45, 2.75) is 24.9 Å². The molecule has 0 aromatic heterocycles. The molecule has 0 aliphatic heterocycles. The summed E-state index contributed by atoms with van der Waals surface area (Å²) in [5.74, 6) is 0.942. The van der Waals surface area contributed by atoms with Gasteiger partial charge in [0.25, 0.3) is 0 Å². The Labute approximate surface area is 113 Å². The Morgan fingerprint density at radius 3 is 2.61 bits per heavy atom. The van der Waals surface area contributed by atoms with Crippen LogP contribution >= 0.6 is 11.8 Å². The van der Waals surface area contributed by atoms with Crippen LogP contribution in [0.15, 0.2) is 30.3 Å². The van der Waals surface area contributed by atoms with Gasteiger partial charge in [-0.05, 0) is 19.4 Å². The van der Waals surface area contributed by atoms with Crippen molar-refractivity contribution in [1.29, 1.82) is 0 Å². The number of carbonyl (C=O) groups is 1. The molecule has 0 spiro atoms. The highest BCUT2D eigenvalue weighted by atomic mass is 32.2. The summed E-state index contributed by atoms with van der Waals surface area (Å²) in [6.07, 6.45) is 0. The first-order chi connectivity index (χ1) is 8.69. The fraction of sp³-hybridized carbons (Fsp3) is 0.500. The van der Waals surface area contributed by atoms with Crippen molar-refractivity contribution < 1.29 is 9.90 Å². The minimum Gasteiger partial charge on any atom is -0.395 e. The summed E-state index contributed by atoms with van der Waals surface area (Å²) in [6.45, 7) is 4.95. The summed E-state index contributed by atoms with van der Waals surface area (Å²) in [4.78, 5) is 13.8. The third-order valence-corrected chi connectivity index (χ3v) is 3.96. The zero-order chi connectivity index (χ0) is 13.4. The third-order valence-electron chi connectivity index (χ3n) is 2.75. The van der Waals surface area contributed by atoms with Gasteiger partial charge in [-0.1, -0.05) is 30.3 Å². The quantitative estimate of drug-likeness (QED) is 0.823. The average Bonchev–Trinajstić information content (AvgIpc) is 2.42. The molecule has 0 fully saturated rings. The standard InChI is InChI=1S/C14H21NO2S/c1-3-15(9-10-16)14(17)12(2)18-11-13-7-5-4-6-8-13/h4-8,12,16H,3,9-11H2,1-2H3. The molecule has 3 nitrogen and oxygen atoms in total. The zero-order valence-corrected chi connectivity index (χ0v) is 11.8. The van der Waals surface area contributed by atoms with Crippen molar-refractivity contribution in [3.63, 3.8) is 0 Å². The van der Waals surface area contributed by atoms with E-state index in [9.17, 15) is 4.79 Å². The molecule has 0 saturated carbocycles. The van der Waals surface area contributed by atoms with Crippen LogP contribution in [-0.4, -0.2) is 40.9 Å². The van der Waals surface area contributed by atoms with E-state index in [1.807, 2.05) is 32.0 Å². The lowest BCUT2D eigenvalue weighted by atomic mass is 10.2. The van der Waals surface area contributed by atoms with E-state index in [4.69, 9.17) is 5.11 Å². The Bertz CT molecular complexity index is 356. The molecule has 1 aromatic carbocycles. The monoisotopic (exact) mass is 267 g/mol. The fourth-order valence-electron chi connectivity index (χ4n) is 1.67. The molecule has 0 saturated heterocycles. The van der Waals surface area contributed by atoms with Crippen LogP contribution in [0.2, 0.25) is 0 Å². The zero-order valence-electron chi connectivity index (χ0n) is 11.0. The Morgan fingerprint density at radius 1 is 1.39 bits per heavy atom. The summed E-state index contributed by atoms with van der Waals surface area (Å²) in [6, 6.07) is 10.1. The number of benzene rings is 1. The maximum absolute atomic E-state index is 12.1. The van der Waals surface area contributed by atoms with Gasteiger partial charge in [0.05, 0.1) is 11.9 Å². The first-order valence-electron chi connectivity index (χ1n) is 6.24. The van der Waals surface area contributed by atoms with E-state index in [0.717, 1.165) is 5.75 Å². The second kappa shape index (κ2) is 8.16. The van der Waals surface area contributed by atoms with E-state index in [0.29, 0.717) is 13.1 Å². The van der Waals surface area contributed by atoms with Crippen LogP contribution in [0.25, 0.3) is 0 Å². The molecule has 1 N–H and O–H groups in total. The number of amides is 1. The molecule has 0 heterocycles. The van der Waals surface area contributed by atoms with Crippen molar-refractivity contribution in [2.75, 3.05) is 19.7 Å². The number of carbonyl (C=O) groups excluding carboxylic acids is 1. The van der Waals surface area contributed by atoms with Gasteiger partial charge in [0.15, 0.2) is 0 Å². The van der Waals surface area contributed by atoms with Crippen LogP contribution in [0.5, 0.6) is 0 Å². The number of hydrogen-bond donors (Lipinski definition) is 1. The van der Waals surface area contributed by atoms with Gasteiger partial charge in [0.2, 0.25) is 5.91 Å². The number of rotatable bonds is 7. The van der Waals surface area contributed by atoms with E-state index in [1.54, 1.807) is 16.7 Å².